The lowest BCUT2D eigenvalue weighted by molar-refractivity contribution is -0.162. The van der Waals surface area contributed by atoms with Crippen LogP contribution < -0.4 is 0 Å². The summed E-state index contributed by atoms with van der Waals surface area (Å²) >= 11 is 0. The minimum absolute atomic E-state index is 0.601. The molecule has 2 N–H and O–H groups in total. The first-order chi connectivity index (χ1) is 28.0. The number of fused-ring (bicyclic) bond motifs is 11. The SMILES string of the molecule is COC(=O)C1(C(=O)OC)C2c3nc(c(-c4ccccc4)c4ccc([nH]4)c(-c4ccccc4)c4nc(c(-c5ccccc5)c5ccc([nH]5)c3-c3ccccc3)C=C4)C21. The van der Waals surface area contributed by atoms with Crippen molar-refractivity contribution in [2.75, 3.05) is 14.2 Å². The molecule has 7 aromatic rings. The molecule has 3 aliphatic rings. The van der Waals surface area contributed by atoms with Crippen LogP contribution >= 0.6 is 0 Å². The lowest BCUT2D eigenvalue weighted by atomic mass is 9.93. The number of carbonyl (C=O) groups is 2. The van der Waals surface area contributed by atoms with Crippen LogP contribution in [0.2, 0.25) is 0 Å². The minimum atomic E-state index is -1.65. The molecular weight excluding hydrogens is 709 g/mol. The average Bonchev–Trinajstić information content (AvgIpc) is 3.87. The first-order valence-corrected chi connectivity index (χ1v) is 18.9. The van der Waals surface area contributed by atoms with Gasteiger partial charge in [0.1, 0.15) is 0 Å². The van der Waals surface area contributed by atoms with Gasteiger partial charge in [-0.3, -0.25) is 14.6 Å². The Hall–Kier alpha value is -7.32. The smallest absolute Gasteiger partial charge is 0.324 e. The van der Waals surface area contributed by atoms with Gasteiger partial charge in [-0.15, -0.1) is 0 Å². The van der Waals surface area contributed by atoms with Crippen LogP contribution in [-0.2, 0) is 19.1 Å². The zero-order chi connectivity index (χ0) is 38.7. The Balaban J connectivity index is 1.44. The largest absolute Gasteiger partial charge is 0.468 e. The van der Waals surface area contributed by atoms with Gasteiger partial charge in [0.15, 0.2) is 5.41 Å². The summed E-state index contributed by atoms with van der Waals surface area (Å²) in [5, 5.41) is 0. The van der Waals surface area contributed by atoms with Crippen LogP contribution in [0, 0.1) is 5.41 Å². The van der Waals surface area contributed by atoms with Gasteiger partial charge in [0.25, 0.3) is 0 Å². The molecule has 1 fully saturated rings. The van der Waals surface area contributed by atoms with E-state index in [2.05, 4.69) is 58.5 Å². The molecule has 2 unspecified atom stereocenters. The maximum Gasteiger partial charge on any atom is 0.324 e. The third-order valence-corrected chi connectivity index (χ3v) is 11.4. The summed E-state index contributed by atoms with van der Waals surface area (Å²) in [4.78, 5) is 46.7. The topological polar surface area (TPSA) is 110 Å². The molecule has 8 bridgehead atoms. The van der Waals surface area contributed by atoms with Gasteiger partial charge in [-0.1, -0.05) is 121 Å². The van der Waals surface area contributed by atoms with Gasteiger partial charge in [0.2, 0.25) is 0 Å². The number of carbonyl (C=O) groups excluding carboxylic acids is 2. The molecule has 0 saturated heterocycles. The Morgan fingerprint density at radius 2 is 0.772 bits per heavy atom. The van der Waals surface area contributed by atoms with Crippen LogP contribution in [0.15, 0.2) is 146 Å². The summed E-state index contributed by atoms with van der Waals surface area (Å²) in [6, 6.07) is 48.6. The first-order valence-electron chi connectivity index (χ1n) is 18.9. The molecule has 1 saturated carbocycles. The van der Waals surface area contributed by atoms with Crippen LogP contribution in [-0.4, -0.2) is 46.1 Å². The molecule has 57 heavy (non-hydrogen) atoms. The highest BCUT2D eigenvalue weighted by molar-refractivity contribution is 6.09. The van der Waals surface area contributed by atoms with Gasteiger partial charge in [-0.25, -0.2) is 4.98 Å². The maximum atomic E-state index is 14.2. The summed E-state index contributed by atoms with van der Waals surface area (Å²) in [6.07, 6.45) is 4.15. The van der Waals surface area contributed by atoms with Gasteiger partial charge in [-0.2, -0.15) is 0 Å². The van der Waals surface area contributed by atoms with Gasteiger partial charge in [0, 0.05) is 56.2 Å². The van der Waals surface area contributed by atoms with E-state index in [0.29, 0.717) is 11.4 Å². The Kier molecular flexibility index (Phi) is 8.07. The number of rotatable bonds is 6. The minimum Gasteiger partial charge on any atom is -0.468 e. The predicted molar refractivity (Wildman–Crippen MR) is 224 cm³/mol. The number of aromatic nitrogens is 4. The van der Waals surface area contributed by atoms with Crippen molar-refractivity contribution in [1.82, 2.24) is 19.9 Å². The standard InChI is InChI=1S/C49H36N4O4/c1-56-47(54)49(48(55)57-2)43-44(49)46-42(32-21-13-6-14-22-32)38-28-26-36(52-38)40(30-17-9-4-10-18-30)34-24-23-33(50-34)39(29-15-7-3-8-16-29)35-25-27-37(51-35)41(45(43)53-46)31-19-11-5-12-20-31/h3-28,43-44,51-52H,1-2H3. The quantitative estimate of drug-likeness (QED) is 0.130. The van der Waals surface area contributed by atoms with Crippen LogP contribution in [0.4, 0.5) is 0 Å². The summed E-state index contributed by atoms with van der Waals surface area (Å²) in [5.74, 6) is -2.64. The van der Waals surface area contributed by atoms with E-state index in [9.17, 15) is 9.59 Å². The highest BCUT2D eigenvalue weighted by Crippen LogP contribution is 2.75. The van der Waals surface area contributed by atoms with E-state index >= 15 is 0 Å². The van der Waals surface area contributed by atoms with E-state index in [1.54, 1.807) is 0 Å². The Morgan fingerprint density at radius 1 is 0.456 bits per heavy atom. The number of nitrogens with one attached hydrogen (secondary N) is 2. The Labute approximate surface area is 328 Å². The van der Waals surface area contributed by atoms with E-state index < -0.39 is 29.2 Å². The van der Waals surface area contributed by atoms with Crippen molar-refractivity contribution in [2.45, 2.75) is 11.8 Å². The summed E-state index contributed by atoms with van der Waals surface area (Å²) in [7, 11) is 2.64. The molecule has 3 aromatic heterocycles. The lowest BCUT2D eigenvalue weighted by Gasteiger charge is -2.17. The van der Waals surface area contributed by atoms with Crippen molar-refractivity contribution in [3.05, 3.63) is 168 Å². The highest BCUT2D eigenvalue weighted by Gasteiger charge is 2.81. The molecule has 8 nitrogen and oxygen atoms in total. The molecule has 0 radical (unpaired) electrons. The lowest BCUT2D eigenvalue weighted by Crippen LogP contribution is -2.32. The van der Waals surface area contributed by atoms with E-state index in [-0.39, 0.29) is 0 Å². The van der Waals surface area contributed by atoms with E-state index in [1.807, 2.05) is 109 Å². The van der Waals surface area contributed by atoms with E-state index in [4.69, 9.17) is 19.4 Å². The fourth-order valence-corrected chi connectivity index (χ4v) is 8.95. The molecule has 1 aliphatic carbocycles. The van der Waals surface area contributed by atoms with Crippen molar-refractivity contribution in [2.24, 2.45) is 5.41 Å². The van der Waals surface area contributed by atoms with Gasteiger partial charge < -0.3 is 19.4 Å². The number of H-pyrrole nitrogens is 2. The second-order valence-corrected chi connectivity index (χ2v) is 14.4. The summed E-state index contributed by atoms with van der Waals surface area (Å²) in [6.45, 7) is 0. The molecule has 2 atom stereocenters. The molecule has 4 aromatic carbocycles. The van der Waals surface area contributed by atoms with Crippen molar-refractivity contribution >= 4 is 46.2 Å². The van der Waals surface area contributed by atoms with E-state index in [1.165, 1.54) is 14.2 Å². The fourth-order valence-electron chi connectivity index (χ4n) is 8.95. The van der Waals surface area contributed by atoms with Crippen molar-refractivity contribution in [3.8, 4) is 44.5 Å². The number of esters is 2. The van der Waals surface area contributed by atoms with Gasteiger partial charge in [0.05, 0.1) is 37.0 Å². The summed E-state index contributed by atoms with van der Waals surface area (Å²) in [5.41, 5.74) is 11.6. The third kappa shape index (κ3) is 5.28. The van der Waals surface area contributed by atoms with Crippen LogP contribution in [0.1, 0.15) is 34.6 Å². The second-order valence-electron chi connectivity index (χ2n) is 14.4. The third-order valence-electron chi connectivity index (χ3n) is 11.4. The van der Waals surface area contributed by atoms with Crippen molar-refractivity contribution < 1.29 is 19.1 Å². The van der Waals surface area contributed by atoms with Gasteiger partial charge in [-0.05, 0) is 58.7 Å². The van der Waals surface area contributed by atoms with Crippen molar-refractivity contribution in [1.29, 1.82) is 0 Å². The maximum absolute atomic E-state index is 14.2. The first kappa shape index (κ1) is 34.2. The van der Waals surface area contributed by atoms with Crippen molar-refractivity contribution in [3.63, 3.8) is 0 Å². The number of methoxy groups -OCH3 is 2. The summed E-state index contributed by atoms with van der Waals surface area (Å²) < 4.78 is 10.9. The molecule has 0 spiro atoms. The van der Waals surface area contributed by atoms with E-state index in [0.717, 1.165) is 78.0 Å². The number of ether oxygens (including phenoxy) is 2. The zero-order valence-corrected chi connectivity index (χ0v) is 31.2. The zero-order valence-electron chi connectivity index (χ0n) is 31.2. The number of benzene rings is 4. The number of aromatic amines is 2. The molecule has 10 rings (SSSR count). The molecular formula is C49H36N4O4. The molecule has 276 valence electrons. The predicted octanol–water partition coefficient (Wildman–Crippen LogP) is 10.4. The number of nitrogens with zero attached hydrogens (tertiary/aromatic N) is 2. The normalized spacial score (nSPS) is 16.1. The van der Waals surface area contributed by atoms with Gasteiger partial charge >= 0.3 is 11.9 Å². The number of hydrogen-bond acceptors (Lipinski definition) is 6. The van der Waals surface area contributed by atoms with Crippen LogP contribution in [0.3, 0.4) is 0 Å². The molecule has 0 amide bonds. The Morgan fingerprint density at radius 3 is 1.11 bits per heavy atom. The highest BCUT2D eigenvalue weighted by atomic mass is 16.5. The monoisotopic (exact) mass is 744 g/mol. The molecule has 8 heteroatoms. The fraction of sp³-hybridized carbons (Fsp3) is 0.102. The van der Waals surface area contributed by atoms with Crippen LogP contribution in [0.25, 0.3) is 78.7 Å². The Bertz CT molecular complexity index is 2720. The van der Waals surface area contributed by atoms with Crippen LogP contribution in [0.5, 0.6) is 0 Å². The second kappa shape index (κ2) is 13.5. The molecule has 5 heterocycles. The average molecular weight is 745 g/mol. The number of hydrogen-bond donors (Lipinski definition) is 2. The molecule has 2 aliphatic heterocycles.